The maximum atomic E-state index is 6.36. The van der Waals surface area contributed by atoms with Crippen molar-refractivity contribution in [3.63, 3.8) is 0 Å². The van der Waals surface area contributed by atoms with Gasteiger partial charge in [0.25, 0.3) is 0 Å². The van der Waals surface area contributed by atoms with E-state index in [0.29, 0.717) is 5.25 Å². The summed E-state index contributed by atoms with van der Waals surface area (Å²) in [7, 11) is 0. The lowest BCUT2D eigenvalue weighted by atomic mass is 9.73. The van der Waals surface area contributed by atoms with Gasteiger partial charge in [-0.2, -0.15) is 0 Å². The fourth-order valence-electron chi connectivity index (χ4n) is 2.32. The second-order valence-corrected chi connectivity index (χ2v) is 6.81. The largest absolute Gasteiger partial charge is 0.326 e. The van der Waals surface area contributed by atoms with Gasteiger partial charge in [0.1, 0.15) is 0 Å². The van der Waals surface area contributed by atoms with Crippen molar-refractivity contribution in [1.29, 1.82) is 0 Å². The Morgan fingerprint density at radius 3 is 2.65 bits per heavy atom. The Morgan fingerprint density at radius 1 is 1.35 bits per heavy atom. The molecule has 4 heteroatoms. The molecule has 0 saturated heterocycles. The molecule has 2 unspecified atom stereocenters. The quantitative estimate of drug-likeness (QED) is 0.821. The maximum Gasteiger partial charge on any atom is 0.187 e. The third-order valence-corrected chi connectivity index (χ3v) is 4.88. The van der Waals surface area contributed by atoms with Gasteiger partial charge in [0.15, 0.2) is 5.16 Å². The van der Waals surface area contributed by atoms with Crippen molar-refractivity contribution in [3.05, 3.63) is 18.0 Å². The molecule has 1 aromatic rings. The fourth-order valence-corrected chi connectivity index (χ4v) is 3.61. The Morgan fingerprint density at radius 2 is 2.00 bits per heavy atom. The van der Waals surface area contributed by atoms with E-state index in [1.54, 1.807) is 11.8 Å². The first-order valence-electron chi connectivity index (χ1n) is 6.20. The lowest BCUT2D eigenvalue weighted by Crippen LogP contribution is -2.48. The van der Waals surface area contributed by atoms with Crippen molar-refractivity contribution in [3.8, 4) is 0 Å². The number of nitrogens with zero attached hydrogens (tertiary/aromatic N) is 2. The predicted molar refractivity (Wildman–Crippen MR) is 72.0 cm³/mol. The first kappa shape index (κ1) is 12.8. The Hall–Kier alpha value is -0.610. The van der Waals surface area contributed by atoms with E-state index in [9.17, 15) is 0 Å². The minimum atomic E-state index is 0.228. The first-order valence-corrected chi connectivity index (χ1v) is 7.08. The summed E-state index contributed by atoms with van der Waals surface area (Å²) in [4.78, 5) is 8.70. The molecule has 0 bridgehead atoms. The van der Waals surface area contributed by atoms with Gasteiger partial charge in [0.05, 0.1) is 0 Å². The van der Waals surface area contributed by atoms with Crippen LogP contribution < -0.4 is 5.73 Å². The van der Waals surface area contributed by atoms with Gasteiger partial charge in [-0.1, -0.05) is 32.0 Å². The normalized spacial score (nSPS) is 28.0. The van der Waals surface area contributed by atoms with Gasteiger partial charge in [0, 0.05) is 23.7 Å². The summed E-state index contributed by atoms with van der Waals surface area (Å²) in [6.45, 7) is 6.53. The minimum absolute atomic E-state index is 0.228. The Labute approximate surface area is 108 Å². The number of hydrogen-bond acceptors (Lipinski definition) is 4. The third kappa shape index (κ3) is 2.99. The topological polar surface area (TPSA) is 51.8 Å². The molecule has 0 aliphatic heterocycles. The van der Waals surface area contributed by atoms with Crippen LogP contribution in [0.5, 0.6) is 0 Å². The third-order valence-electron chi connectivity index (χ3n) is 3.63. The average Bonchev–Trinajstić information content (AvgIpc) is 2.28. The lowest BCUT2D eigenvalue weighted by molar-refractivity contribution is 0.208. The molecule has 0 aromatic carbocycles. The molecule has 94 valence electrons. The predicted octanol–water partition coefficient (Wildman–Crippen LogP) is 2.78. The van der Waals surface area contributed by atoms with E-state index < -0.39 is 0 Å². The zero-order valence-corrected chi connectivity index (χ0v) is 11.6. The van der Waals surface area contributed by atoms with Crippen molar-refractivity contribution >= 4 is 11.8 Å². The molecule has 1 saturated carbocycles. The maximum absolute atomic E-state index is 6.36. The van der Waals surface area contributed by atoms with E-state index >= 15 is 0 Å². The van der Waals surface area contributed by atoms with Crippen LogP contribution in [0.3, 0.4) is 0 Å². The van der Waals surface area contributed by atoms with Crippen LogP contribution in [0.15, 0.2) is 17.6 Å². The van der Waals surface area contributed by atoms with Gasteiger partial charge >= 0.3 is 0 Å². The molecule has 2 N–H and O–H groups in total. The molecule has 2 atom stereocenters. The van der Waals surface area contributed by atoms with Crippen LogP contribution in [0, 0.1) is 12.3 Å². The number of thioether (sulfide) groups is 1. The zero-order valence-electron chi connectivity index (χ0n) is 10.8. The van der Waals surface area contributed by atoms with Crippen LogP contribution in [0.1, 0.15) is 38.7 Å². The van der Waals surface area contributed by atoms with E-state index in [1.165, 1.54) is 19.3 Å². The number of aromatic nitrogens is 2. The highest BCUT2D eigenvalue weighted by Gasteiger charge is 2.37. The highest BCUT2D eigenvalue weighted by molar-refractivity contribution is 7.99. The molecule has 1 aliphatic carbocycles. The first-order chi connectivity index (χ1) is 7.99. The van der Waals surface area contributed by atoms with E-state index in [0.717, 1.165) is 10.7 Å². The summed E-state index contributed by atoms with van der Waals surface area (Å²) in [5.74, 6) is 0. The summed E-state index contributed by atoms with van der Waals surface area (Å²) in [6, 6.07) is 0.228. The molecule has 1 aromatic heterocycles. The van der Waals surface area contributed by atoms with Crippen LogP contribution in [0.4, 0.5) is 0 Å². The van der Waals surface area contributed by atoms with Crippen LogP contribution >= 0.6 is 11.8 Å². The second kappa shape index (κ2) is 4.94. The lowest BCUT2D eigenvalue weighted by Gasteiger charge is -2.41. The minimum Gasteiger partial charge on any atom is -0.326 e. The monoisotopic (exact) mass is 251 g/mol. The van der Waals surface area contributed by atoms with Crippen LogP contribution in [0.2, 0.25) is 0 Å². The second-order valence-electron chi connectivity index (χ2n) is 5.61. The molecule has 0 amide bonds. The smallest absolute Gasteiger partial charge is 0.187 e. The van der Waals surface area contributed by atoms with E-state index in [1.807, 2.05) is 19.3 Å². The molecule has 0 spiro atoms. The number of hydrogen-bond donors (Lipinski definition) is 1. The van der Waals surface area contributed by atoms with Crippen molar-refractivity contribution in [1.82, 2.24) is 9.97 Å². The van der Waals surface area contributed by atoms with Crippen molar-refractivity contribution in [2.24, 2.45) is 11.1 Å². The van der Waals surface area contributed by atoms with E-state index in [4.69, 9.17) is 5.73 Å². The summed E-state index contributed by atoms with van der Waals surface area (Å²) in [5.41, 5.74) is 7.69. The van der Waals surface area contributed by atoms with Crippen LogP contribution in [0.25, 0.3) is 0 Å². The standard InChI is InChI=1S/C13H21N3S/c1-9-7-15-12(16-8-9)17-10-5-4-6-13(2,3)11(10)14/h7-8,10-11H,4-6,14H2,1-3H3. The molecule has 2 rings (SSSR count). The molecule has 17 heavy (non-hydrogen) atoms. The molecule has 3 nitrogen and oxygen atoms in total. The molecule has 1 heterocycles. The SMILES string of the molecule is Cc1cnc(SC2CCCC(C)(C)C2N)nc1. The van der Waals surface area contributed by atoms with Crippen molar-refractivity contribution < 1.29 is 0 Å². The van der Waals surface area contributed by atoms with Crippen LogP contribution in [-0.4, -0.2) is 21.3 Å². The summed E-state index contributed by atoms with van der Waals surface area (Å²) < 4.78 is 0. The van der Waals surface area contributed by atoms with E-state index in [-0.39, 0.29) is 11.5 Å². The summed E-state index contributed by atoms with van der Waals surface area (Å²) in [6.07, 6.45) is 7.39. The van der Waals surface area contributed by atoms with Crippen molar-refractivity contribution in [2.45, 2.75) is 56.5 Å². The molecular formula is C13H21N3S. The molecule has 0 radical (unpaired) electrons. The number of nitrogens with two attached hydrogens (primary N) is 1. The summed E-state index contributed by atoms with van der Waals surface area (Å²) >= 11 is 1.74. The van der Waals surface area contributed by atoms with Gasteiger partial charge < -0.3 is 5.73 Å². The van der Waals surface area contributed by atoms with Gasteiger partial charge in [0.2, 0.25) is 0 Å². The Kier molecular flexibility index (Phi) is 3.73. The van der Waals surface area contributed by atoms with Gasteiger partial charge in [-0.15, -0.1) is 0 Å². The Balaban J connectivity index is 2.05. The Bertz CT molecular complexity index is 375. The zero-order chi connectivity index (χ0) is 12.5. The fraction of sp³-hybridized carbons (Fsp3) is 0.692. The van der Waals surface area contributed by atoms with Crippen LogP contribution in [-0.2, 0) is 0 Å². The molecule has 1 aliphatic rings. The number of aryl methyl sites for hydroxylation is 1. The molecular weight excluding hydrogens is 230 g/mol. The highest BCUT2D eigenvalue weighted by Crippen LogP contribution is 2.40. The number of rotatable bonds is 2. The average molecular weight is 251 g/mol. The van der Waals surface area contributed by atoms with E-state index in [2.05, 4.69) is 23.8 Å². The van der Waals surface area contributed by atoms with Gasteiger partial charge in [-0.05, 0) is 30.7 Å². The highest BCUT2D eigenvalue weighted by atomic mass is 32.2. The molecule has 1 fully saturated rings. The van der Waals surface area contributed by atoms with Gasteiger partial charge in [-0.3, -0.25) is 0 Å². The van der Waals surface area contributed by atoms with Gasteiger partial charge in [-0.25, -0.2) is 9.97 Å². The summed E-state index contributed by atoms with van der Waals surface area (Å²) in [5, 5.41) is 1.30. The van der Waals surface area contributed by atoms with Crippen molar-refractivity contribution in [2.75, 3.05) is 0 Å².